The van der Waals surface area contributed by atoms with E-state index in [0.717, 1.165) is 12.8 Å². The van der Waals surface area contributed by atoms with Crippen molar-refractivity contribution in [1.29, 1.82) is 0 Å². The molecule has 0 atom stereocenters. The number of carbonyl (C=O) groups is 1. The van der Waals surface area contributed by atoms with E-state index in [1.54, 1.807) is 25.3 Å². The van der Waals surface area contributed by atoms with Gasteiger partial charge in [0.1, 0.15) is 17.2 Å². The summed E-state index contributed by atoms with van der Waals surface area (Å²) >= 11 is 0. The summed E-state index contributed by atoms with van der Waals surface area (Å²) in [7, 11) is -0.510. The molecule has 0 radical (unpaired) electrons. The Morgan fingerprint density at radius 2 is 1.69 bits per heavy atom. The molecule has 0 heterocycles. The molecule has 0 bridgehead atoms. The highest BCUT2D eigenvalue weighted by Crippen LogP contribution is 2.29. The van der Waals surface area contributed by atoms with Crippen molar-refractivity contribution in [3.05, 3.63) is 42.5 Å². The molecule has 9 heteroatoms. The van der Waals surface area contributed by atoms with E-state index in [2.05, 4.69) is 10.0 Å². The predicted molar refractivity (Wildman–Crippen MR) is 110 cm³/mol. The highest BCUT2D eigenvalue weighted by molar-refractivity contribution is 7.89. The number of unbranched alkanes of at least 4 members (excludes halogenated alkanes) is 1. The molecule has 0 fully saturated rings. The Hall–Kier alpha value is -2.78. The van der Waals surface area contributed by atoms with Gasteiger partial charge in [0.05, 0.1) is 24.8 Å². The number of nitrogens with one attached hydrogen (secondary N) is 2. The summed E-state index contributed by atoms with van der Waals surface area (Å²) in [6.07, 6.45) is 1.67. The summed E-state index contributed by atoms with van der Waals surface area (Å²) in [5.74, 6) is 1.07. The van der Waals surface area contributed by atoms with Crippen LogP contribution in [0, 0.1) is 0 Å². The minimum Gasteiger partial charge on any atom is -0.497 e. The zero-order valence-electron chi connectivity index (χ0n) is 16.7. The van der Waals surface area contributed by atoms with E-state index in [4.69, 9.17) is 14.2 Å². The fourth-order valence-electron chi connectivity index (χ4n) is 2.42. The van der Waals surface area contributed by atoms with Gasteiger partial charge < -0.3 is 19.5 Å². The van der Waals surface area contributed by atoms with Crippen LogP contribution in [0.4, 0.5) is 5.69 Å². The zero-order chi connectivity index (χ0) is 21.3. The highest BCUT2D eigenvalue weighted by atomic mass is 32.2. The van der Waals surface area contributed by atoms with Crippen LogP contribution in [0.1, 0.15) is 19.8 Å². The van der Waals surface area contributed by atoms with Gasteiger partial charge in [0.25, 0.3) is 5.91 Å². The lowest BCUT2D eigenvalue weighted by Gasteiger charge is -2.12. The van der Waals surface area contributed by atoms with Crippen molar-refractivity contribution >= 4 is 21.6 Å². The number of benzene rings is 2. The standard InChI is InChI=1S/C20H26N2O6S/c1-4-5-12-21-29(24,25)17-9-6-15(7-10-17)28-14-20(23)22-18-11-8-16(26-2)13-19(18)27-3/h6-11,13,21H,4-5,12,14H2,1-3H3,(H,22,23). The molecule has 2 aromatic carbocycles. The zero-order valence-corrected chi connectivity index (χ0v) is 17.5. The fourth-order valence-corrected chi connectivity index (χ4v) is 3.49. The average molecular weight is 423 g/mol. The lowest BCUT2D eigenvalue weighted by molar-refractivity contribution is -0.118. The molecule has 0 saturated carbocycles. The quantitative estimate of drug-likeness (QED) is 0.540. The summed E-state index contributed by atoms with van der Waals surface area (Å²) in [4.78, 5) is 12.3. The normalized spacial score (nSPS) is 11.0. The number of methoxy groups -OCH3 is 2. The number of rotatable bonds is 11. The maximum atomic E-state index is 12.2. The molecule has 0 saturated heterocycles. The van der Waals surface area contributed by atoms with Gasteiger partial charge in [0.15, 0.2) is 6.61 Å². The van der Waals surface area contributed by atoms with Crippen molar-refractivity contribution in [1.82, 2.24) is 4.72 Å². The Labute approximate surface area is 171 Å². The number of hydrogen-bond acceptors (Lipinski definition) is 6. The van der Waals surface area contributed by atoms with E-state index in [1.165, 1.54) is 31.4 Å². The summed E-state index contributed by atoms with van der Waals surface area (Å²) in [5.41, 5.74) is 0.487. The van der Waals surface area contributed by atoms with E-state index in [9.17, 15) is 13.2 Å². The Morgan fingerprint density at radius 3 is 2.31 bits per heavy atom. The predicted octanol–water partition coefficient (Wildman–Crippen LogP) is 2.80. The maximum Gasteiger partial charge on any atom is 0.262 e. The third kappa shape index (κ3) is 6.65. The van der Waals surface area contributed by atoms with Gasteiger partial charge in [-0.25, -0.2) is 13.1 Å². The lowest BCUT2D eigenvalue weighted by atomic mass is 10.2. The second-order valence-corrected chi connectivity index (χ2v) is 7.89. The summed E-state index contributed by atoms with van der Waals surface area (Å²) in [5, 5.41) is 2.70. The minimum atomic E-state index is -3.54. The number of ether oxygens (including phenoxy) is 3. The third-order valence-electron chi connectivity index (χ3n) is 4.01. The van der Waals surface area contributed by atoms with E-state index in [0.29, 0.717) is 29.5 Å². The molecular formula is C20H26N2O6S. The molecule has 158 valence electrons. The van der Waals surface area contributed by atoms with Crippen LogP contribution in [0.5, 0.6) is 17.2 Å². The average Bonchev–Trinajstić information content (AvgIpc) is 2.73. The smallest absolute Gasteiger partial charge is 0.262 e. The van der Waals surface area contributed by atoms with Crippen LogP contribution >= 0.6 is 0 Å². The van der Waals surface area contributed by atoms with Gasteiger partial charge in [0.2, 0.25) is 10.0 Å². The monoisotopic (exact) mass is 422 g/mol. The Bertz CT molecular complexity index is 913. The van der Waals surface area contributed by atoms with Crippen molar-refractivity contribution in [3.63, 3.8) is 0 Å². The van der Waals surface area contributed by atoms with E-state index in [-0.39, 0.29) is 17.4 Å². The van der Waals surface area contributed by atoms with E-state index in [1.807, 2.05) is 6.92 Å². The van der Waals surface area contributed by atoms with Gasteiger partial charge in [-0.1, -0.05) is 13.3 Å². The van der Waals surface area contributed by atoms with Crippen molar-refractivity contribution in [3.8, 4) is 17.2 Å². The van der Waals surface area contributed by atoms with Crippen LogP contribution in [-0.2, 0) is 14.8 Å². The molecule has 0 aliphatic carbocycles. The first-order valence-electron chi connectivity index (χ1n) is 9.14. The fraction of sp³-hybridized carbons (Fsp3) is 0.350. The van der Waals surface area contributed by atoms with Crippen LogP contribution in [0.15, 0.2) is 47.4 Å². The Morgan fingerprint density at radius 1 is 1.00 bits per heavy atom. The third-order valence-corrected chi connectivity index (χ3v) is 5.49. The van der Waals surface area contributed by atoms with Crippen molar-refractivity contribution in [2.75, 3.05) is 32.7 Å². The lowest BCUT2D eigenvalue weighted by Crippen LogP contribution is -2.24. The second kappa shape index (κ2) is 10.7. The molecule has 0 aromatic heterocycles. The van der Waals surface area contributed by atoms with Crippen LogP contribution in [0.25, 0.3) is 0 Å². The van der Waals surface area contributed by atoms with Gasteiger partial charge >= 0.3 is 0 Å². The molecule has 1 amide bonds. The van der Waals surface area contributed by atoms with Gasteiger partial charge in [-0.2, -0.15) is 0 Å². The maximum absolute atomic E-state index is 12.2. The number of carbonyl (C=O) groups excluding carboxylic acids is 1. The molecule has 29 heavy (non-hydrogen) atoms. The van der Waals surface area contributed by atoms with Crippen molar-refractivity contribution in [2.45, 2.75) is 24.7 Å². The topological polar surface area (TPSA) is 103 Å². The van der Waals surface area contributed by atoms with E-state index >= 15 is 0 Å². The van der Waals surface area contributed by atoms with Crippen LogP contribution in [0.3, 0.4) is 0 Å². The minimum absolute atomic E-state index is 0.147. The van der Waals surface area contributed by atoms with E-state index < -0.39 is 10.0 Å². The highest BCUT2D eigenvalue weighted by Gasteiger charge is 2.14. The second-order valence-electron chi connectivity index (χ2n) is 6.13. The van der Waals surface area contributed by atoms with Crippen molar-refractivity contribution in [2.24, 2.45) is 0 Å². The Balaban J connectivity index is 1.92. The summed E-state index contributed by atoms with van der Waals surface area (Å²) in [6.45, 7) is 2.14. The number of sulfonamides is 1. The molecular weight excluding hydrogens is 396 g/mol. The molecule has 2 N–H and O–H groups in total. The van der Waals surface area contributed by atoms with Crippen LogP contribution in [-0.4, -0.2) is 41.7 Å². The first kappa shape index (κ1) is 22.5. The number of amides is 1. The summed E-state index contributed by atoms with van der Waals surface area (Å²) < 4.78 is 42.6. The van der Waals surface area contributed by atoms with Crippen molar-refractivity contribution < 1.29 is 27.4 Å². The SMILES string of the molecule is CCCCNS(=O)(=O)c1ccc(OCC(=O)Nc2ccc(OC)cc2OC)cc1. The molecule has 0 unspecified atom stereocenters. The molecule has 0 spiro atoms. The first-order valence-corrected chi connectivity index (χ1v) is 10.6. The molecule has 2 rings (SSSR count). The largest absolute Gasteiger partial charge is 0.497 e. The van der Waals surface area contributed by atoms with Gasteiger partial charge in [0, 0.05) is 12.6 Å². The number of hydrogen-bond donors (Lipinski definition) is 2. The molecule has 2 aromatic rings. The molecule has 0 aliphatic rings. The molecule has 0 aliphatic heterocycles. The summed E-state index contributed by atoms with van der Waals surface area (Å²) in [6, 6.07) is 10.9. The van der Waals surface area contributed by atoms with Crippen LogP contribution in [0.2, 0.25) is 0 Å². The molecule has 8 nitrogen and oxygen atoms in total. The van der Waals surface area contributed by atoms with Crippen LogP contribution < -0.4 is 24.2 Å². The first-order chi connectivity index (χ1) is 13.9. The van der Waals surface area contributed by atoms with Gasteiger partial charge in [-0.3, -0.25) is 4.79 Å². The Kier molecular flexibility index (Phi) is 8.29. The van der Waals surface area contributed by atoms with Gasteiger partial charge in [-0.05, 0) is 42.8 Å². The number of anilines is 1. The van der Waals surface area contributed by atoms with Gasteiger partial charge in [-0.15, -0.1) is 0 Å².